The minimum absolute atomic E-state index is 0.352. The van der Waals surface area contributed by atoms with Crippen molar-refractivity contribution in [2.24, 2.45) is 4.99 Å². The van der Waals surface area contributed by atoms with Crippen molar-refractivity contribution in [3.05, 3.63) is 0 Å². The van der Waals surface area contributed by atoms with Gasteiger partial charge in [-0.05, 0) is 20.3 Å². The maximum absolute atomic E-state index is 5.76. The highest BCUT2D eigenvalue weighted by Crippen LogP contribution is 2.16. The number of alkyl halides is 1. The third kappa shape index (κ3) is 2.53. The highest BCUT2D eigenvalue weighted by Gasteiger charge is 2.29. The average molecular weight is 218 g/mol. The van der Waals surface area contributed by atoms with Crippen molar-refractivity contribution < 1.29 is 0 Å². The van der Waals surface area contributed by atoms with Crippen LogP contribution in [0.2, 0.25) is 0 Å². The molecular formula is C10H20ClN3. The third-order valence-corrected chi connectivity index (χ3v) is 2.72. The van der Waals surface area contributed by atoms with E-state index in [-0.39, 0.29) is 0 Å². The minimum atomic E-state index is 0.352. The number of hydrogen-bond acceptors (Lipinski definition) is 1. The highest BCUT2D eigenvalue weighted by atomic mass is 35.5. The first kappa shape index (κ1) is 11.6. The SMILES string of the molecule is CC(C)N=C1N(C)CC(CCCl)N1C. The van der Waals surface area contributed by atoms with Crippen molar-refractivity contribution in [2.45, 2.75) is 32.4 Å². The van der Waals surface area contributed by atoms with E-state index in [9.17, 15) is 0 Å². The zero-order chi connectivity index (χ0) is 10.7. The summed E-state index contributed by atoms with van der Waals surface area (Å²) in [5.41, 5.74) is 0. The summed E-state index contributed by atoms with van der Waals surface area (Å²) in [6.07, 6.45) is 1.03. The van der Waals surface area contributed by atoms with E-state index < -0.39 is 0 Å². The molecule has 0 aromatic heterocycles. The predicted molar refractivity (Wildman–Crippen MR) is 62.1 cm³/mol. The topological polar surface area (TPSA) is 18.8 Å². The van der Waals surface area contributed by atoms with Crippen LogP contribution in [0, 0.1) is 0 Å². The van der Waals surface area contributed by atoms with E-state index in [1.54, 1.807) is 0 Å². The molecule has 0 N–H and O–H groups in total. The molecule has 4 heteroatoms. The molecule has 0 spiro atoms. The van der Waals surface area contributed by atoms with Crippen LogP contribution in [-0.2, 0) is 0 Å². The molecule has 0 radical (unpaired) electrons. The molecule has 0 saturated carbocycles. The summed E-state index contributed by atoms with van der Waals surface area (Å²) in [7, 11) is 4.19. The van der Waals surface area contributed by atoms with Gasteiger partial charge in [0.25, 0.3) is 0 Å². The standard InChI is InChI=1S/C10H20ClN3/c1-8(2)12-10-13(3)7-9(5-6-11)14(10)4/h8-9H,5-7H2,1-4H3. The molecule has 0 aromatic carbocycles. The number of likely N-dealkylation sites (N-methyl/N-ethyl adjacent to an activating group) is 2. The second-order valence-electron chi connectivity index (χ2n) is 4.15. The number of aliphatic imine (C=N–C) groups is 1. The molecule has 1 atom stereocenters. The lowest BCUT2D eigenvalue weighted by Gasteiger charge is -2.20. The average Bonchev–Trinajstić information content (AvgIpc) is 2.33. The van der Waals surface area contributed by atoms with Gasteiger partial charge in [0.05, 0.1) is 6.04 Å². The van der Waals surface area contributed by atoms with Gasteiger partial charge in [0.15, 0.2) is 5.96 Å². The van der Waals surface area contributed by atoms with Crippen LogP contribution >= 0.6 is 11.6 Å². The van der Waals surface area contributed by atoms with E-state index in [1.165, 1.54) is 0 Å². The van der Waals surface area contributed by atoms with Crippen LogP contribution in [0.15, 0.2) is 4.99 Å². The van der Waals surface area contributed by atoms with Crippen LogP contribution in [0.4, 0.5) is 0 Å². The fourth-order valence-electron chi connectivity index (χ4n) is 1.78. The number of halogens is 1. The van der Waals surface area contributed by atoms with Gasteiger partial charge in [0.2, 0.25) is 0 Å². The Morgan fingerprint density at radius 2 is 2.14 bits per heavy atom. The Kier molecular flexibility index (Phi) is 4.05. The highest BCUT2D eigenvalue weighted by molar-refractivity contribution is 6.17. The first-order valence-corrected chi connectivity index (χ1v) is 5.67. The maximum Gasteiger partial charge on any atom is 0.196 e. The van der Waals surface area contributed by atoms with E-state index in [1.807, 2.05) is 0 Å². The molecule has 0 bridgehead atoms. The molecule has 1 aliphatic rings. The van der Waals surface area contributed by atoms with Crippen LogP contribution in [0.1, 0.15) is 20.3 Å². The smallest absolute Gasteiger partial charge is 0.196 e. The summed E-state index contributed by atoms with van der Waals surface area (Å²) in [6, 6.07) is 0.875. The van der Waals surface area contributed by atoms with E-state index in [0.717, 1.165) is 24.8 Å². The molecule has 1 aliphatic heterocycles. The van der Waals surface area contributed by atoms with Gasteiger partial charge in [-0.15, -0.1) is 11.6 Å². The van der Waals surface area contributed by atoms with Gasteiger partial charge < -0.3 is 9.80 Å². The van der Waals surface area contributed by atoms with Gasteiger partial charge in [0.1, 0.15) is 0 Å². The largest absolute Gasteiger partial charge is 0.344 e. The van der Waals surface area contributed by atoms with E-state index in [4.69, 9.17) is 11.6 Å². The van der Waals surface area contributed by atoms with Crippen molar-refractivity contribution >= 4 is 17.6 Å². The number of guanidine groups is 1. The lowest BCUT2D eigenvalue weighted by molar-refractivity contribution is 0.390. The molecule has 0 aliphatic carbocycles. The van der Waals surface area contributed by atoms with Gasteiger partial charge in [-0.2, -0.15) is 0 Å². The second-order valence-corrected chi connectivity index (χ2v) is 4.52. The fourth-order valence-corrected chi connectivity index (χ4v) is 2.04. The minimum Gasteiger partial charge on any atom is -0.344 e. The lowest BCUT2D eigenvalue weighted by atomic mass is 10.2. The normalized spacial score (nSPS) is 25.6. The zero-order valence-corrected chi connectivity index (χ0v) is 10.3. The monoisotopic (exact) mass is 217 g/mol. The Morgan fingerprint density at radius 3 is 2.64 bits per heavy atom. The Balaban J connectivity index is 2.69. The molecule has 1 heterocycles. The summed E-state index contributed by atoms with van der Waals surface area (Å²) in [5, 5.41) is 0. The lowest BCUT2D eigenvalue weighted by Crippen LogP contribution is -2.32. The molecular weight excluding hydrogens is 198 g/mol. The molecule has 3 nitrogen and oxygen atoms in total. The van der Waals surface area contributed by atoms with Crippen molar-refractivity contribution in [3.63, 3.8) is 0 Å². The molecule has 0 amide bonds. The molecule has 1 fully saturated rings. The molecule has 14 heavy (non-hydrogen) atoms. The number of hydrogen-bond donors (Lipinski definition) is 0. The van der Waals surface area contributed by atoms with Gasteiger partial charge in [-0.1, -0.05) is 0 Å². The van der Waals surface area contributed by atoms with Crippen molar-refractivity contribution in [1.82, 2.24) is 9.80 Å². The summed E-state index contributed by atoms with van der Waals surface area (Å²) in [6.45, 7) is 5.24. The van der Waals surface area contributed by atoms with Crippen LogP contribution in [-0.4, -0.2) is 54.4 Å². The van der Waals surface area contributed by atoms with Gasteiger partial charge in [-0.3, -0.25) is 4.99 Å². The Morgan fingerprint density at radius 1 is 1.50 bits per heavy atom. The Labute approximate surface area is 91.7 Å². The Hall–Kier alpha value is -0.440. The van der Waals surface area contributed by atoms with E-state index >= 15 is 0 Å². The second kappa shape index (κ2) is 4.87. The van der Waals surface area contributed by atoms with Crippen LogP contribution in [0.3, 0.4) is 0 Å². The molecule has 0 aromatic rings. The fraction of sp³-hybridized carbons (Fsp3) is 0.900. The van der Waals surface area contributed by atoms with E-state index in [0.29, 0.717) is 12.1 Å². The molecule has 1 rings (SSSR count). The summed E-state index contributed by atoms with van der Waals surface area (Å²) in [5.74, 6) is 1.81. The van der Waals surface area contributed by atoms with Crippen LogP contribution in [0.25, 0.3) is 0 Å². The maximum atomic E-state index is 5.76. The number of rotatable bonds is 3. The molecule has 1 unspecified atom stereocenters. The predicted octanol–water partition coefficient (Wildman–Crippen LogP) is 1.63. The van der Waals surface area contributed by atoms with Gasteiger partial charge >= 0.3 is 0 Å². The van der Waals surface area contributed by atoms with E-state index in [2.05, 4.69) is 42.7 Å². The summed E-state index contributed by atoms with van der Waals surface area (Å²) < 4.78 is 0. The zero-order valence-electron chi connectivity index (χ0n) is 9.50. The first-order chi connectivity index (χ1) is 6.56. The summed E-state index contributed by atoms with van der Waals surface area (Å²) >= 11 is 5.76. The first-order valence-electron chi connectivity index (χ1n) is 5.14. The number of nitrogens with zero attached hydrogens (tertiary/aromatic N) is 3. The van der Waals surface area contributed by atoms with Crippen molar-refractivity contribution in [3.8, 4) is 0 Å². The third-order valence-electron chi connectivity index (χ3n) is 2.51. The van der Waals surface area contributed by atoms with Crippen LogP contribution < -0.4 is 0 Å². The molecule has 1 saturated heterocycles. The molecule has 82 valence electrons. The van der Waals surface area contributed by atoms with Crippen molar-refractivity contribution in [1.29, 1.82) is 0 Å². The van der Waals surface area contributed by atoms with Crippen LogP contribution in [0.5, 0.6) is 0 Å². The Bertz CT molecular complexity index is 215. The van der Waals surface area contributed by atoms with Gasteiger partial charge in [-0.25, -0.2) is 0 Å². The summed E-state index contributed by atoms with van der Waals surface area (Å²) in [4.78, 5) is 9.04. The van der Waals surface area contributed by atoms with Crippen molar-refractivity contribution in [2.75, 3.05) is 26.5 Å². The quantitative estimate of drug-likeness (QED) is 0.670. The van der Waals surface area contributed by atoms with Gasteiger partial charge in [0, 0.05) is 32.6 Å².